The van der Waals surface area contributed by atoms with Crippen LogP contribution in [0.15, 0.2) is 35.6 Å². The van der Waals surface area contributed by atoms with Crippen LogP contribution in [-0.2, 0) is 9.59 Å². The second kappa shape index (κ2) is 6.92. The van der Waals surface area contributed by atoms with E-state index in [1.807, 2.05) is 19.9 Å². The highest BCUT2D eigenvalue weighted by Crippen LogP contribution is 2.18. The van der Waals surface area contributed by atoms with Crippen LogP contribution in [0.5, 0.6) is 0 Å². The summed E-state index contributed by atoms with van der Waals surface area (Å²) in [6.45, 7) is 9.87. The molecule has 0 saturated carbocycles. The summed E-state index contributed by atoms with van der Waals surface area (Å²) >= 11 is 0. The summed E-state index contributed by atoms with van der Waals surface area (Å²) in [5.74, 6) is -0.453. The molecular formula is C15H22N2O2. The number of allylic oxidation sites excluding steroid dienone is 4. The quantitative estimate of drug-likeness (QED) is 0.590. The Morgan fingerprint density at radius 2 is 2.16 bits per heavy atom. The van der Waals surface area contributed by atoms with Crippen LogP contribution >= 0.6 is 0 Å². The van der Waals surface area contributed by atoms with Crippen LogP contribution in [0.3, 0.4) is 0 Å². The number of hydrogen-bond acceptors (Lipinski definition) is 3. The Balaban J connectivity index is 2.89. The van der Waals surface area contributed by atoms with Crippen molar-refractivity contribution in [2.75, 3.05) is 0 Å². The van der Waals surface area contributed by atoms with Gasteiger partial charge in [-0.15, -0.1) is 0 Å². The fourth-order valence-corrected chi connectivity index (χ4v) is 2.19. The third-order valence-electron chi connectivity index (χ3n) is 3.14. The Labute approximate surface area is 114 Å². The summed E-state index contributed by atoms with van der Waals surface area (Å²) in [6.07, 6.45) is 5.35. The maximum absolute atomic E-state index is 11.8. The van der Waals surface area contributed by atoms with Crippen LogP contribution in [0.25, 0.3) is 0 Å². The van der Waals surface area contributed by atoms with Crippen LogP contribution in [0.2, 0.25) is 0 Å². The molecule has 0 aromatic heterocycles. The molecule has 0 bridgehead atoms. The molecule has 1 saturated heterocycles. The SMILES string of the molecule is C=C/C=C(/NC1CCC(=O)NC1=O)C(CC)=C(C)C. The number of amides is 2. The van der Waals surface area contributed by atoms with Crippen molar-refractivity contribution in [1.82, 2.24) is 10.6 Å². The van der Waals surface area contributed by atoms with Crippen LogP contribution in [0.4, 0.5) is 0 Å². The minimum absolute atomic E-state index is 0.199. The lowest BCUT2D eigenvalue weighted by Crippen LogP contribution is -2.50. The van der Waals surface area contributed by atoms with Crippen molar-refractivity contribution < 1.29 is 9.59 Å². The zero-order chi connectivity index (χ0) is 14.4. The van der Waals surface area contributed by atoms with Crippen LogP contribution in [-0.4, -0.2) is 17.9 Å². The van der Waals surface area contributed by atoms with Gasteiger partial charge >= 0.3 is 0 Å². The number of carbonyl (C=O) groups excluding carboxylic acids is 2. The largest absolute Gasteiger partial charge is 0.373 e. The van der Waals surface area contributed by atoms with E-state index in [9.17, 15) is 9.59 Å². The normalized spacial score (nSPS) is 19.7. The molecule has 1 atom stereocenters. The van der Waals surface area contributed by atoms with Gasteiger partial charge in [0.05, 0.1) is 0 Å². The first-order valence-electron chi connectivity index (χ1n) is 6.59. The molecule has 1 aliphatic rings. The predicted octanol–water partition coefficient (Wildman–Crippen LogP) is 2.20. The van der Waals surface area contributed by atoms with E-state index in [-0.39, 0.29) is 17.9 Å². The zero-order valence-corrected chi connectivity index (χ0v) is 11.9. The van der Waals surface area contributed by atoms with Crippen molar-refractivity contribution in [1.29, 1.82) is 0 Å². The molecule has 0 aromatic rings. The van der Waals surface area contributed by atoms with Gasteiger partial charge in [-0.25, -0.2) is 0 Å². The Morgan fingerprint density at radius 3 is 2.63 bits per heavy atom. The van der Waals surface area contributed by atoms with Gasteiger partial charge in [0.25, 0.3) is 0 Å². The minimum Gasteiger partial charge on any atom is -0.373 e. The average molecular weight is 262 g/mol. The third-order valence-corrected chi connectivity index (χ3v) is 3.14. The van der Waals surface area contributed by atoms with Gasteiger partial charge in [-0.05, 0) is 38.3 Å². The summed E-state index contributed by atoms with van der Waals surface area (Å²) < 4.78 is 0. The Bertz CT molecular complexity index is 443. The fourth-order valence-electron chi connectivity index (χ4n) is 2.19. The lowest BCUT2D eigenvalue weighted by Gasteiger charge is -2.25. The van der Waals surface area contributed by atoms with Gasteiger partial charge in [0, 0.05) is 12.1 Å². The van der Waals surface area contributed by atoms with Gasteiger partial charge in [-0.1, -0.05) is 25.2 Å². The van der Waals surface area contributed by atoms with E-state index < -0.39 is 0 Å². The van der Waals surface area contributed by atoms with Crippen LogP contribution in [0.1, 0.15) is 40.0 Å². The molecule has 1 heterocycles. The molecule has 2 N–H and O–H groups in total. The number of hydrogen-bond donors (Lipinski definition) is 2. The number of rotatable bonds is 5. The number of carbonyl (C=O) groups is 2. The molecule has 0 aliphatic carbocycles. The molecule has 4 nitrogen and oxygen atoms in total. The number of piperidine rings is 1. The summed E-state index contributed by atoms with van der Waals surface area (Å²) in [7, 11) is 0. The lowest BCUT2D eigenvalue weighted by molar-refractivity contribution is -0.134. The summed E-state index contributed by atoms with van der Waals surface area (Å²) in [5, 5.41) is 5.58. The van der Waals surface area contributed by atoms with Crippen LogP contribution in [0, 0.1) is 0 Å². The van der Waals surface area contributed by atoms with E-state index >= 15 is 0 Å². The lowest BCUT2D eigenvalue weighted by atomic mass is 10.0. The van der Waals surface area contributed by atoms with E-state index in [1.54, 1.807) is 6.08 Å². The summed E-state index contributed by atoms with van der Waals surface area (Å²) in [5.41, 5.74) is 3.28. The second-order valence-electron chi connectivity index (χ2n) is 4.80. The van der Waals surface area contributed by atoms with Gasteiger partial charge in [0.15, 0.2) is 0 Å². The molecule has 1 fully saturated rings. The first kappa shape index (κ1) is 15.2. The average Bonchev–Trinajstić information content (AvgIpc) is 2.33. The molecular weight excluding hydrogens is 240 g/mol. The molecule has 0 aromatic carbocycles. The second-order valence-corrected chi connectivity index (χ2v) is 4.80. The van der Waals surface area contributed by atoms with Gasteiger partial charge in [0.2, 0.25) is 11.8 Å². The molecule has 4 heteroatoms. The van der Waals surface area contributed by atoms with Crippen molar-refractivity contribution in [3.05, 3.63) is 35.6 Å². The van der Waals surface area contributed by atoms with Gasteiger partial charge in [0.1, 0.15) is 6.04 Å². The third kappa shape index (κ3) is 4.09. The van der Waals surface area contributed by atoms with E-state index in [4.69, 9.17) is 0 Å². The molecule has 2 amide bonds. The fraction of sp³-hybridized carbons (Fsp3) is 0.467. The molecule has 0 radical (unpaired) electrons. The predicted molar refractivity (Wildman–Crippen MR) is 76.3 cm³/mol. The van der Waals surface area contributed by atoms with E-state index in [1.165, 1.54) is 11.1 Å². The van der Waals surface area contributed by atoms with Gasteiger partial charge in [-0.2, -0.15) is 0 Å². The van der Waals surface area contributed by atoms with Crippen LogP contribution < -0.4 is 10.6 Å². The van der Waals surface area contributed by atoms with E-state index in [2.05, 4.69) is 24.1 Å². The molecule has 1 unspecified atom stereocenters. The Hall–Kier alpha value is -1.84. The first-order chi connectivity index (χ1) is 8.99. The van der Waals surface area contributed by atoms with Crippen molar-refractivity contribution in [3.63, 3.8) is 0 Å². The highest BCUT2D eigenvalue weighted by Gasteiger charge is 2.27. The maximum Gasteiger partial charge on any atom is 0.249 e. The van der Waals surface area contributed by atoms with Crippen molar-refractivity contribution in [2.24, 2.45) is 0 Å². The smallest absolute Gasteiger partial charge is 0.249 e. The van der Waals surface area contributed by atoms with E-state index in [0.717, 1.165) is 12.1 Å². The van der Waals surface area contributed by atoms with Crippen molar-refractivity contribution in [3.8, 4) is 0 Å². The maximum atomic E-state index is 11.8. The number of nitrogens with one attached hydrogen (secondary N) is 2. The topological polar surface area (TPSA) is 58.2 Å². The molecule has 1 aliphatic heterocycles. The molecule has 19 heavy (non-hydrogen) atoms. The van der Waals surface area contributed by atoms with Crippen molar-refractivity contribution >= 4 is 11.8 Å². The zero-order valence-electron chi connectivity index (χ0n) is 11.9. The first-order valence-corrected chi connectivity index (χ1v) is 6.59. The minimum atomic E-state index is -0.357. The Morgan fingerprint density at radius 1 is 1.47 bits per heavy atom. The molecule has 0 spiro atoms. The van der Waals surface area contributed by atoms with Gasteiger partial charge in [-0.3, -0.25) is 14.9 Å². The molecule has 104 valence electrons. The summed E-state index contributed by atoms with van der Waals surface area (Å²) in [6, 6.07) is -0.357. The standard InChI is InChI=1S/C15H22N2O2/c1-5-7-12(11(6-2)10(3)4)16-13-8-9-14(18)17-15(13)19/h5,7,13,16H,1,6,8-9H2,2-4H3,(H,17,18,19)/b12-7+. The number of imide groups is 1. The van der Waals surface area contributed by atoms with E-state index in [0.29, 0.717) is 12.8 Å². The summed E-state index contributed by atoms with van der Waals surface area (Å²) in [4.78, 5) is 22.9. The highest BCUT2D eigenvalue weighted by atomic mass is 16.2. The van der Waals surface area contributed by atoms with Crippen molar-refractivity contribution in [2.45, 2.75) is 46.1 Å². The van der Waals surface area contributed by atoms with Gasteiger partial charge < -0.3 is 5.32 Å². The molecule has 1 rings (SSSR count). The monoisotopic (exact) mass is 262 g/mol. The highest BCUT2D eigenvalue weighted by molar-refractivity contribution is 6.00. The Kier molecular flexibility index (Phi) is 5.55.